The zero-order chi connectivity index (χ0) is 13.4. The standard InChI is InChI=1S/C12H15NO4S/c1-12(7-8-12)11(14)17-10-5-3-9(4-6-10)13-18(2,15)16/h3-6,13H,7-8H2,1-2H3. The first-order valence-electron chi connectivity index (χ1n) is 5.59. The second-order valence-electron chi connectivity index (χ2n) is 4.85. The van der Waals surface area contributed by atoms with Crippen molar-refractivity contribution in [3.63, 3.8) is 0 Å². The lowest BCUT2D eigenvalue weighted by atomic mass is 10.1. The molecule has 1 saturated carbocycles. The molecule has 0 unspecified atom stereocenters. The van der Waals surface area contributed by atoms with Crippen LogP contribution in [0.2, 0.25) is 0 Å². The van der Waals surface area contributed by atoms with Gasteiger partial charge >= 0.3 is 5.97 Å². The Labute approximate surface area is 106 Å². The van der Waals surface area contributed by atoms with Crippen LogP contribution in [0.25, 0.3) is 0 Å². The third-order valence-corrected chi connectivity index (χ3v) is 3.47. The highest BCUT2D eigenvalue weighted by molar-refractivity contribution is 7.92. The van der Waals surface area contributed by atoms with E-state index < -0.39 is 10.0 Å². The Morgan fingerprint density at radius 3 is 2.28 bits per heavy atom. The maximum absolute atomic E-state index is 11.7. The van der Waals surface area contributed by atoms with E-state index in [1.807, 2.05) is 6.92 Å². The first-order chi connectivity index (χ1) is 8.28. The summed E-state index contributed by atoms with van der Waals surface area (Å²) < 4.78 is 29.6. The molecule has 0 radical (unpaired) electrons. The number of benzene rings is 1. The van der Waals surface area contributed by atoms with Crippen molar-refractivity contribution >= 4 is 21.7 Å². The average molecular weight is 269 g/mol. The van der Waals surface area contributed by atoms with Gasteiger partial charge in [0.15, 0.2) is 0 Å². The van der Waals surface area contributed by atoms with Crippen LogP contribution in [-0.4, -0.2) is 20.6 Å². The van der Waals surface area contributed by atoms with E-state index in [0.29, 0.717) is 11.4 Å². The molecule has 0 saturated heterocycles. The number of sulfonamides is 1. The largest absolute Gasteiger partial charge is 0.426 e. The highest BCUT2D eigenvalue weighted by Crippen LogP contribution is 2.46. The lowest BCUT2D eigenvalue weighted by Crippen LogP contribution is -2.18. The molecule has 1 aliphatic rings. The molecular formula is C12H15NO4S. The molecule has 0 aromatic heterocycles. The van der Waals surface area contributed by atoms with Gasteiger partial charge < -0.3 is 4.74 Å². The van der Waals surface area contributed by atoms with E-state index >= 15 is 0 Å². The molecule has 1 aromatic rings. The number of anilines is 1. The Morgan fingerprint density at radius 2 is 1.83 bits per heavy atom. The maximum atomic E-state index is 11.7. The molecule has 98 valence electrons. The number of carbonyl (C=O) groups excluding carboxylic acids is 1. The quantitative estimate of drug-likeness (QED) is 0.668. The Bertz CT molecular complexity index is 558. The summed E-state index contributed by atoms with van der Waals surface area (Å²) in [4.78, 5) is 11.7. The third-order valence-electron chi connectivity index (χ3n) is 2.86. The first-order valence-corrected chi connectivity index (χ1v) is 7.48. The summed E-state index contributed by atoms with van der Waals surface area (Å²) in [6.07, 6.45) is 2.80. The van der Waals surface area contributed by atoms with Gasteiger partial charge in [-0.05, 0) is 44.0 Å². The molecule has 0 atom stereocenters. The summed E-state index contributed by atoms with van der Waals surface area (Å²) in [5, 5.41) is 0. The fraction of sp³-hybridized carbons (Fsp3) is 0.417. The Hall–Kier alpha value is -1.56. The second kappa shape index (κ2) is 4.28. The van der Waals surface area contributed by atoms with E-state index in [0.717, 1.165) is 19.1 Å². The molecule has 0 spiro atoms. The van der Waals surface area contributed by atoms with Crippen LogP contribution in [0.5, 0.6) is 5.75 Å². The number of nitrogens with one attached hydrogen (secondary N) is 1. The summed E-state index contributed by atoms with van der Waals surface area (Å²) >= 11 is 0. The van der Waals surface area contributed by atoms with Gasteiger partial charge in [0.05, 0.1) is 11.7 Å². The summed E-state index contributed by atoms with van der Waals surface area (Å²) in [6.45, 7) is 1.87. The topological polar surface area (TPSA) is 72.5 Å². The predicted molar refractivity (Wildman–Crippen MR) is 67.9 cm³/mol. The molecule has 1 fully saturated rings. The number of rotatable bonds is 4. The average Bonchev–Trinajstić information content (AvgIpc) is 2.99. The van der Waals surface area contributed by atoms with Crippen LogP contribution < -0.4 is 9.46 Å². The van der Waals surface area contributed by atoms with E-state index in [4.69, 9.17) is 4.74 Å². The SMILES string of the molecule is CC1(C(=O)Oc2ccc(NS(C)(=O)=O)cc2)CC1. The molecule has 6 heteroatoms. The minimum Gasteiger partial charge on any atom is -0.426 e. The van der Waals surface area contributed by atoms with Crippen molar-refractivity contribution < 1.29 is 17.9 Å². The first kappa shape index (κ1) is 12.9. The predicted octanol–water partition coefficient (Wildman–Crippen LogP) is 1.76. The molecule has 0 heterocycles. The van der Waals surface area contributed by atoms with Gasteiger partial charge in [0.2, 0.25) is 10.0 Å². The number of carbonyl (C=O) groups is 1. The van der Waals surface area contributed by atoms with Gasteiger partial charge in [0.1, 0.15) is 5.75 Å². The monoisotopic (exact) mass is 269 g/mol. The minimum absolute atomic E-state index is 0.230. The van der Waals surface area contributed by atoms with Crippen molar-refractivity contribution in [3.8, 4) is 5.75 Å². The van der Waals surface area contributed by atoms with Crippen LogP contribution in [0.1, 0.15) is 19.8 Å². The van der Waals surface area contributed by atoms with Crippen molar-refractivity contribution in [1.82, 2.24) is 0 Å². The fourth-order valence-electron chi connectivity index (χ4n) is 1.43. The molecule has 0 bridgehead atoms. The molecule has 1 aromatic carbocycles. The van der Waals surface area contributed by atoms with Gasteiger partial charge in [-0.3, -0.25) is 9.52 Å². The molecule has 1 aliphatic carbocycles. The molecule has 5 nitrogen and oxygen atoms in total. The zero-order valence-electron chi connectivity index (χ0n) is 10.3. The number of ether oxygens (including phenoxy) is 1. The Balaban J connectivity index is 2.02. The van der Waals surface area contributed by atoms with Crippen LogP contribution in [0, 0.1) is 5.41 Å². The smallest absolute Gasteiger partial charge is 0.317 e. The van der Waals surface area contributed by atoms with Crippen LogP contribution in [0.3, 0.4) is 0 Å². The normalized spacial score (nSPS) is 17.0. The molecule has 18 heavy (non-hydrogen) atoms. The van der Waals surface area contributed by atoms with Crippen LogP contribution in [0.15, 0.2) is 24.3 Å². The second-order valence-corrected chi connectivity index (χ2v) is 6.60. The maximum Gasteiger partial charge on any atom is 0.317 e. The van der Waals surface area contributed by atoms with Gasteiger partial charge in [0.25, 0.3) is 0 Å². The molecule has 0 amide bonds. The summed E-state index contributed by atoms with van der Waals surface area (Å²) in [7, 11) is -3.28. The highest BCUT2D eigenvalue weighted by atomic mass is 32.2. The van der Waals surface area contributed by atoms with Crippen molar-refractivity contribution in [2.24, 2.45) is 5.41 Å². The minimum atomic E-state index is -3.28. The molecule has 1 N–H and O–H groups in total. The van der Waals surface area contributed by atoms with E-state index in [9.17, 15) is 13.2 Å². The number of hydrogen-bond acceptors (Lipinski definition) is 4. The van der Waals surface area contributed by atoms with Crippen LogP contribution >= 0.6 is 0 Å². The Kier molecular flexibility index (Phi) is 3.06. The van der Waals surface area contributed by atoms with E-state index in [-0.39, 0.29) is 11.4 Å². The van der Waals surface area contributed by atoms with Crippen LogP contribution in [0.4, 0.5) is 5.69 Å². The van der Waals surface area contributed by atoms with Crippen molar-refractivity contribution in [2.45, 2.75) is 19.8 Å². The summed E-state index contributed by atoms with van der Waals surface area (Å²) in [5.74, 6) is 0.193. The summed E-state index contributed by atoms with van der Waals surface area (Å²) in [5.41, 5.74) is 0.110. The van der Waals surface area contributed by atoms with Crippen molar-refractivity contribution in [2.75, 3.05) is 11.0 Å². The fourth-order valence-corrected chi connectivity index (χ4v) is 1.99. The highest BCUT2D eigenvalue weighted by Gasteiger charge is 2.46. The molecule has 0 aliphatic heterocycles. The summed E-state index contributed by atoms with van der Waals surface area (Å²) in [6, 6.07) is 6.24. The van der Waals surface area contributed by atoms with Gasteiger partial charge in [-0.2, -0.15) is 0 Å². The lowest BCUT2D eigenvalue weighted by molar-refractivity contribution is -0.139. The van der Waals surface area contributed by atoms with Crippen LogP contribution in [-0.2, 0) is 14.8 Å². The van der Waals surface area contributed by atoms with Gasteiger partial charge in [-0.1, -0.05) is 0 Å². The van der Waals surface area contributed by atoms with Gasteiger partial charge in [0, 0.05) is 5.69 Å². The Morgan fingerprint density at radius 1 is 1.28 bits per heavy atom. The number of esters is 1. The van der Waals surface area contributed by atoms with E-state index in [1.54, 1.807) is 24.3 Å². The third kappa shape index (κ3) is 3.22. The van der Waals surface area contributed by atoms with E-state index in [1.165, 1.54) is 0 Å². The van der Waals surface area contributed by atoms with Crippen molar-refractivity contribution in [3.05, 3.63) is 24.3 Å². The lowest BCUT2D eigenvalue weighted by Gasteiger charge is -2.09. The zero-order valence-corrected chi connectivity index (χ0v) is 11.1. The molecule has 2 rings (SSSR count). The van der Waals surface area contributed by atoms with Crippen molar-refractivity contribution in [1.29, 1.82) is 0 Å². The van der Waals surface area contributed by atoms with E-state index in [2.05, 4.69) is 4.72 Å². The molecular weight excluding hydrogens is 254 g/mol. The number of hydrogen-bond donors (Lipinski definition) is 1. The van der Waals surface area contributed by atoms with Gasteiger partial charge in [-0.25, -0.2) is 8.42 Å². The van der Waals surface area contributed by atoms with Gasteiger partial charge in [-0.15, -0.1) is 0 Å².